The number of nitrogens with two attached hydrogens (primary N) is 1. The molecular weight excluding hydrogens is 288 g/mol. The smallest absolute Gasteiger partial charge is 0.247 e. The van der Waals surface area contributed by atoms with Crippen LogP contribution in [0.4, 0.5) is 11.6 Å². The number of methoxy groups -OCH3 is 1. The molecule has 3 rings (SSSR count). The lowest BCUT2D eigenvalue weighted by Gasteiger charge is -2.08. The first-order valence-corrected chi connectivity index (χ1v) is 6.65. The van der Waals surface area contributed by atoms with Crippen molar-refractivity contribution >= 4 is 35.6 Å². The van der Waals surface area contributed by atoms with E-state index in [1.165, 1.54) is 11.1 Å². The molecule has 0 aliphatic rings. The summed E-state index contributed by atoms with van der Waals surface area (Å²) in [6.45, 7) is 0.474. The lowest BCUT2D eigenvalue weighted by Crippen LogP contribution is -2.02. The third kappa shape index (κ3) is 2.63. The zero-order valence-electron chi connectivity index (χ0n) is 11.3. The number of imidazole rings is 1. The maximum Gasteiger partial charge on any atom is 0.247 e. The van der Waals surface area contributed by atoms with Crippen LogP contribution in [0.5, 0.6) is 5.88 Å². The van der Waals surface area contributed by atoms with Gasteiger partial charge in [0.15, 0.2) is 11.2 Å². The fraction of sp³-hybridized carbons (Fsp3) is 0.154. The molecule has 0 saturated carbocycles. The molecular formula is C13H14N6OS. The molecule has 0 aliphatic carbocycles. The van der Waals surface area contributed by atoms with Crippen LogP contribution in [0.25, 0.3) is 11.2 Å². The molecule has 0 aliphatic heterocycles. The van der Waals surface area contributed by atoms with Crippen LogP contribution in [0.3, 0.4) is 0 Å². The third-order valence-corrected chi connectivity index (χ3v) is 3.25. The molecule has 0 unspecified atom stereocenters. The summed E-state index contributed by atoms with van der Waals surface area (Å²) in [6.07, 6.45) is 1.55. The number of hydrogen-bond donors (Lipinski definition) is 3. The summed E-state index contributed by atoms with van der Waals surface area (Å²) in [7, 11) is 1.54. The Hall–Kier alpha value is -2.32. The van der Waals surface area contributed by atoms with E-state index in [0.717, 1.165) is 11.3 Å². The SMILES string of the molecule is COc1nc(Nc2cccc(CN)c2)nc2c1ncn2S. The minimum absolute atomic E-state index is 0.394. The van der Waals surface area contributed by atoms with E-state index in [0.29, 0.717) is 29.5 Å². The summed E-state index contributed by atoms with van der Waals surface area (Å²) in [5.41, 5.74) is 8.65. The summed E-state index contributed by atoms with van der Waals surface area (Å²) in [5, 5.41) is 3.13. The van der Waals surface area contributed by atoms with Crippen LogP contribution in [-0.2, 0) is 6.54 Å². The molecule has 108 valence electrons. The largest absolute Gasteiger partial charge is 0.479 e. The zero-order chi connectivity index (χ0) is 14.8. The highest BCUT2D eigenvalue weighted by atomic mass is 32.1. The highest BCUT2D eigenvalue weighted by Crippen LogP contribution is 2.24. The monoisotopic (exact) mass is 302 g/mol. The second-order valence-electron chi connectivity index (χ2n) is 4.35. The normalized spacial score (nSPS) is 10.8. The number of thiol groups is 1. The van der Waals surface area contributed by atoms with Gasteiger partial charge in [-0.1, -0.05) is 24.9 Å². The molecule has 0 saturated heterocycles. The van der Waals surface area contributed by atoms with E-state index in [4.69, 9.17) is 10.5 Å². The van der Waals surface area contributed by atoms with Gasteiger partial charge in [0.2, 0.25) is 11.8 Å². The lowest BCUT2D eigenvalue weighted by atomic mass is 10.2. The number of ether oxygens (including phenoxy) is 1. The fourth-order valence-corrected chi connectivity index (χ4v) is 2.16. The molecule has 21 heavy (non-hydrogen) atoms. The second kappa shape index (κ2) is 5.58. The van der Waals surface area contributed by atoms with Gasteiger partial charge in [-0.05, 0) is 17.7 Å². The number of rotatable bonds is 4. The van der Waals surface area contributed by atoms with Gasteiger partial charge in [0.05, 0.1) is 7.11 Å². The number of aromatic nitrogens is 4. The van der Waals surface area contributed by atoms with Crippen LogP contribution in [0.15, 0.2) is 30.6 Å². The second-order valence-corrected chi connectivity index (χ2v) is 4.78. The van der Waals surface area contributed by atoms with Gasteiger partial charge in [0.25, 0.3) is 0 Å². The van der Waals surface area contributed by atoms with E-state index in [1.54, 1.807) is 6.33 Å². The van der Waals surface area contributed by atoms with Crippen molar-refractivity contribution in [1.29, 1.82) is 0 Å². The molecule has 0 radical (unpaired) electrons. The van der Waals surface area contributed by atoms with E-state index >= 15 is 0 Å². The highest BCUT2D eigenvalue weighted by Gasteiger charge is 2.13. The summed E-state index contributed by atoms with van der Waals surface area (Å²) < 4.78 is 6.76. The molecule has 3 aromatic rings. The van der Waals surface area contributed by atoms with Crippen LogP contribution < -0.4 is 15.8 Å². The van der Waals surface area contributed by atoms with Gasteiger partial charge in [-0.15, -0.1) is 0 Å². The van der Waals surface area contributed by atoms with Gasteiger partial charge in [0, 0.05) is 12.2 Å². The Morgan fingerprint density at radius 2 is 2.24 bits per heavy atom. The van der Waals surface area contributed by atoms with Crippen LogP contribution in [-0.4, -0.2) is 26.0 Å². The van der Waals surface area contributed by atoms with E-state index in [9.17, 15) is 0 Å². The topological polar surface area (TPSA) is 90.9 Å². The summed E-state index contributed by atoms with van der Waals surface area (Å²) >= 11 is 4.26. The molecule has 2 aromatic heterocycles. The van der Waals surface area contributed by atoms with Crippen molar-refractivity contribution < 1.29 is 4.74 Å². The molecule has 7 nitrogen and oxygen atoms in total. The van der Waals surface area contributed by atoms with Crippen molar-refractivity contribution in [3.05, 3.63) is 36.2 Å². The van der Waals surface area contributed by atoms with Crippen LogP contribution in [0.1, 0.15) is 5.56 Å². The van der Waals surface area contributed by atoms with Crippen molar-refractivity contribution in [1.82, 2.24) is 18.9 Å². The average Bonchev–Trinajstić information content (AvgIpc) is 2.88. The van der Waals surface area contributed by atoms with Crippen molar-refractivity contribution in [2.75, 3.05) is 12.4 Å². The first kappa shape index (κ1) is 13.7. The van der Waals surface area contributed by atoms with Crippen molar-refractivity contribution in [2.24, 2.45) is 5.73 Å². The van der Waals surface area contributed by atoms with Crippen molar-refractivity contribution in [3.8, 4) is 5.88 Å². The standard InChI is InChI=1S/C13H14N6OS/c1-20-12-10-11(19(21)7-15-10)17-13(18-12)16-9-4-2-3-8(5-9)6-14/h2-5,7,21H,6,14H2,1H3,(H,16,17,18). The number of benzene rings is 1. The van der Waals surface area contributed by atoms with E-state index < -0.39 is 0 Å². The molecule has 0 spiro atoms. The van der Waals surface area contributed by atoms with E-state index in [1.807, 2.05) is 24.3 Å². The summed E-state index contributed by atoms with van der Waals surface area (Å²) in [6, 6.07) is 7.73. The Labute approximate surface area is 126 Å². The van der Waals surface area contributed by atoms with Gasteiger partial charge >= 0.3 is 0 Å². The fourth-order valence-electron chi connectivity index (χ4n) is 1.97. The van der Waals surface area contributed by atoms with E-state index in [2.05, 4.69) is 33.1 Å². The Morgan fingerprint density at radius 1 is 1.38 bits per heavy atom. The molecule has 0 amide bonds. The quantitative estimate of drug-likeness (QED) is 0.636. The lowest BCUT2D eigenvalue weighted by molar-refractivity contribution is 0.402. The van der Waals surface area contributed by atoms with Crippen LogP contribution in [0.2, 0.25) is 0 Å². The first-order valence-electron chi connectivity index (χ1n) is 6.25. The molecule has 2 heterocycles. The number of nitrogens with one attached hydrogen (secondary N) is 1. The maximum atomic E-state index is 5.64. The number of anilines is 2. The number of fused-ring (bicyclic) bond motifs is 1. The van der Waals surface area contributed by atoms with Crippen LogP contribution >= 0.6 is 12.8 Å². The Morgan fingerprint density at radius 3 is 3.00 bits per heavy atom. The predicted molar refractivity (Wildman–Crippen MR) is 83.9 cm³/mol. The third-order valence-electron chi connectivity index (χ3n) is 2.96. The number of hydrogen-bond acceptors (Lipinski definition) is 7. The van der Waals surface area contributed by atoms with Crippen molar-refractivity contribution in [2.45, 2.75) is 6.54 Å². The Kier molecular flexibility index (Phi) is 3.63. The van der Waals surface area contributed by atoms with Crippen LogP contribution in [0, 0.1) is 0 Å². The summed E-state index contributed by atoms with van der Waals surface area (Å²) in [5.74, 6) is 0.801. The van der Waals surface area contributed by atoms with E-state index in [-0.39, 0.29) is 0 Å². The zero-order valence-corrected chi connectivity index (χ0v) is 12.2. The average molecular weight is 302 g/mol. The van der Waals surface area contributed by atoms with Gasteiger partial charge in [-0.25, -0.2) is 4.98 Å². The Bertz CT molecular complexity index is 787. The molecule has 3 N–H and O–H groups in total. The first-order chi connectivity index (χ1) is 10.2. The minimum Gasteiger partial charge on any atom is -0.479 e. The molecule has 8 heteroatoms. The highest BCUT2D eigenvalue weighted by molar-refractivity contribution is 7.78. The molecule has 0 bridgehead atoms. The molecule has 0 atom stereocenters. The number of nitrogens with zero attached hydrogens (tertiary/aromatic N) is 4. The predicted octanol–water partition coefficient (Wildman–Crippen LogP) is 1.73. The molecule has 0 fully saturated rings. The molecule has 1 aromatic carbocycles. The van der Waals surface area contributed by atoms with Gasteiger partial charge < -0.3 is 15.8 Å². The Balaban J connectivity index is 2.01. The van der Waals surface area contributed by atoms with Gasteiger partial charge in [0.1, 0.15) is 6.33 Å². The minimum atomic E-state index is 0.394. The maximum absolute atomic E-state index is 5.64. The van der Waals surface area contributed by atoms with Crippen molar-refractivity contribution in [3.63, 3.8) is 0 Å². The van der Waals surface area contributed by atoms with Gasteiger partial charge in [-0.3, -0.25) is 3.97 Å². The van der Waals surface area contributed by atoms with Gasteiger partial charge in [-0.2, -0.15) is 9.97 Å². The summed E-state index contributed by atoms with van der Waals surface area (Å²) in [4.78, 5) is 12.8.